The molecular weight excluding hydrogens is 515 g/mol. The van der Waals surface area contributed by atoms with Crippen LogP contribution in [0.3, 0.4) is 0 Å². The van der Waals surface area contributed by atoms with Gasteiger partial charge in [-0.25, -0.2) is 0 Å². The molecule has 1 aliphatic heterocycles. The quantitative estimate of drug-likeness (QED) is 0.255. The Balaban J connectivity index is 0.00000363. The molecule has 32 heavy (non-hydrogen) atoms. The van der Waals surface area contributed by atoms with E-state index in [0.717, 1.165) is 57.2 Å². The molecular formula is C25H39IN4O2. The number of rotatable bonds is 10. The summed E-state index contributed by atoms with van der Waals surface area (Å²) in [5.41, 5.74) is 1.25. The smallest absolute Gasteiger partial charge is 0.191 e. The van der Waals surface area contributed by atoms with Gasteiger partial charge in [-0.1, -0.05) is 30.3 Å². The summed E-state index contributed by atoms with van der Waals surface area (Å²) in [6.07, 6.45) is 5.04. The van der Waals surface area contributed by atoms with Crippen LogP contribution in [-0.2, 0) is 11.2 Å². The minimum absolute atomic E-state index is 0. The topological polar surface area (TPSA) is 62.0 Å². The Morgan fingerprint density at radius 3 is 2.53 bits per heavy atom. The van der Waals surface area contributed by atoms with E-state index in [4.69, 9.17) is 14.1 Å². The molecule has 0 spiro atoms. The molecule has 6 nitrogen and oxygen atoms in total. The highest BCUT2D eigenvalue weighted by atomic mass is 127. The summed E-state index contributed by atoms with van der Waals surface area (Å²) in [5, 5.41) is 7.28. The molecule has 2 N–H and O–H groups in total. The third-order valence-corrected chi connectivity index (χ3v) is 5.65. The van der Waals surface area contributed by atoms with Crippen LogP contribution in [0.4, 0.5) is 0 Å². The van der Waals surface area contributed by atoms with Gasteiger partial charge in [-0.05, 0) is 51.3 Å². The summed E-state index contributed by atoms with van der Waals surface area (Å²) in [4.78, 5) is 7.34. The maximum absolute atomic E-state index is 5.70. The van der Waals surface area contributed by atoms with Crippen molar-refractivity contribution in [3.63, 3.8) is 0 Å². The van der Waals surface area contributed by atoms with E-state index in [0.29, 0.717) is 18.7 Å². The molecule has 7 heteroatoms. The molecule has 0 bridgehead atoms. The second-order valence-corrected chi connectivity index (χ2v) is 8.52. The fourth-order valence-electron chi connectivity index (χ4n) is 3.81. The zero-order valence-electron chi connectivity index (χ0n) is 19.6. The number of nitrogens with zero attached hydrogens (tertiary/aromatic N) is 2. The molecule has 2 heterocycles. The van der Waals surface area contributed by atoms with Crippen molar-refractivity contribution in [1.29, 1.82) is 0 Å². The van der Waals surface area contributed by atoms with E-state index in [-0.39, 0.29) is 30.0 Å². The SMILES string of the molecule is CC(C)OCCN1CCC(NC(=NCCc2ccco2)NC(C)c2ccccc2)CC1.I. The van der Waals surface area contributed by atoms with Crippen LogP contribution in [0, 0.1) is 0 Å². The van der Waals surface area contributed by atoms with Crippen LogP contribution in [0.25, 0.3) is 0 Å². The number of halogens is 1. The summed E-state index contributed by atoms with van der Waals surface area (Å²) in [7, 11) is 0. The van der Waals surface area contributed by atoms with Crippen LogP contribution in [0.5, 0.6) is 0 Å². The molecule has 1 unspecified atom stereocenters. The number of likely N-dealkylation sites (tertiary alicyclic amines) is 1. The van der Waals surface area contributed by atoms with Gasteiger partial charge in [-0.2, -0.15) is 0 Å². The maximum atomic E-state index is 5.70. The maximum Gasteiger partial charge on any atom is 0.191 e. The predicted octanol–water partition coefficient (Wildman–Crippen LogP) is 4.63. The van der Waals surface area contributed by atoms with E-state index in [9.17, 15) is 0 Å². The normalized spacial score (nSPS) is 16.6. The van der Waals surface area contributed by atoms with E-state index in [1.807, 2.05) is 18.2 Å². The molecule has 1 aromatic carbocycles. The fourth-order valence-corrected chi connectivity index (χ4v) is 3.81. The summed E-state index contributed by atoms with van der Waals surface area (Å²) < 4.78 is 11.2. The number of furan rings is 1. The second-order valence-electron chi connectivity index (χ2n) is 8.52. The Bertz CT molecular complexity index is 760. The number of hydrogen-bond donors (Lipinski definition) is 2. The molecule has 0 amide bonds. The molecule has 178 valence electrons. The lowest BCUT2D eigenvalue weighted by Crippen LogP contribution is -2.49. The van der Waals surface area contributed by atoms with Crippen molar-refractivity contribution >= 4 is 29.9 Å². The van der Waals surface area contributed by atoms with E-state index >= 15 is 0 Å². The molecule has 1 aliphatic rings. The molecule has 1 fully saturated rings. The van der Waals surface area contributed by atoms with Crippen molar-refractivity contribution in [3.05, 3.63) is 60.1 Å². The van der Waals surface area contributed by atoms with Gasteiger partial charge in [0.05, 0.1) is 25.0 Å². The predicted molar refractivity (Wildman–Crippen MR) is 142 cm³/mol. The average molecular weight is 555 g/mol. The van der Waals surface area contributed by atoms with E-state index in [1.54, 1.807) is 6.26 Å². The van der Waals surface area contributed by atoms with E-state index < -0.39 is 0 Å². The number of nitrogens with one attached hydrogen (secondary N) is 2. The molecule has 0 saturated carbocycles. The summed E-state index contributed by atoms with van der Waals surface area (Å²) >= 11 is 0. The van der Waals surface area contributed by atoms with E-state index in [1.165, 1.54) is 5.56 Å². The van der Waals surface area contributed by atoms with Crippen LogP contribution < -0.4 is 10.6 Å². The van der Waals surface area contributed by atoms with Crippen LogP contribution in [0.2, 0.25) is 0 Å². The van der Waals surface area contributed by atoms with Gasteiger partial charge >= 0.3 is 0 Å². The van der Waals surface area contributed by atoms with E-state index in [2.05, 4.69) is 60.6 Å². The molecule has 3 rings (SSSR count). The summed E-state index contributed by atoms with van der Waals surface area (Å²) in [6, 6.07) is 15.0. The minimum Gasteiger partial charge on any atom is -0.469 e. The number of hydrogen-bond acceptors (Lipinski definition) is 4. The van der Waals surface area contributed by atoms with Crippen LogP contribution >= 0.6 is 24.0 Å². The van der Waals surface area contributed by atoms with Crippen molar-refractivity contribution < 1.29 is 9.15 Å². The molecule has 1 aromatic heterocycles. The third-order valence-electron chi connectivity index (χ3n) is 5.65. The Kier molecular flexibility index (Phi) is 12.1. The number of benzene rings is 1. The molecule has 1 atom stereocenters. The average Bonchev–Trinajstić information content (AvgIpc) is 3.29. The van der Waals surface area contributed by atoms with Crippen LogP contribution in [0.15, 0.2) is 58.1 Å². The van der Waals surface area contributed by atoms with Crippen molar-refractivity contribution in [2.75, 3.05) is 32.8 Å². The molecule has 2 aromatic rings. The van der Waals surface area contributed by atoms with Crippen LogP contribution in [-0.4, -0.2) is 55.8 Å². The zero-order chi connectivity index (χ0) is 21.9. The summed E-state index contributed by atoms with van der Waals surface area (Å²) in [6.45, 7) is 11.1. The van der Waals surface area contributed by atoms with Gasteiger partial charge in [0, 0.05) is 38.6 Å². The van der Waals surface area contributed by atoms with Crippen molar-refractivity contribution in [2.24, 2.45) is 4.99 Å². The number of guanidine groups is 1. The molecule has 1 saturated heterocycles. The van der Waals surface area contributed by atoms with Crippen molar-refractivity contribution in [2.45, 2.75) is 58.2 Å². The van der Waals surface area contributed by atoms with Gasteiger partial charge < -0.3 is 24.7 Å². The van der Waals surface area contributed by atoms with Gasteiger partial charge in [0.15, 0.2) is 5.96 Å². The molecule has 0 radical (unpaired) electrons. The first-order valence-corrected chi connectivity index (χ1v) is 11.6. The number of piperidine rings is 1. The lowest BCUT2D eigenvalue weighted by molar-refractivity contribution is 0.0532. The van der Waals surface area contributed by atoms with Gasteiger partial charge in [-0.3, -0.25) is 4.99 Å². The Hall–Kier alpha value is -1.58. The molecule has 0 aliphatic carbocycles. The van der Waals surface area contributed by atoms with Gasteiger partial charge in [0.25, 0.3) is 0 Å². The Morgan fingerprint density at radius 2 is 1.88 bits per heavy atom. The number of ether oxygens (including phenoxy) is 1. The Morgan fingerprint density at radius 1 is 1.12 bits per heavy atom. The van der Waals surface area contributed by atoms with Gasteiger partial charge in [-0.15, -0.1) is 24.0 Å². The standard InChI is InChI=1S/C25H38N4O2.HI/c1-20(2)30-19-17-29-15-12-23(13-16-29)28-25(26-14-11-24-10-7-18-31-24)27-21(3)22-8-5-4-6-9-22;/h4-10,18,20-21,23H,11-17,19H2,1-3H3,(H2,26,27,28);1H. The lowest BCUT2D eigenvalue weighted by atomic mass is 10.1. The zero-order valence-corrected chi connectivity index (χ0v) is 22.0. The highest BCUT2D eigenvalue weighted by Crippen LogP contribution is 2.13. The summed E-state index contributed by atoms with van der Waals surface area (Å²) in [5.74, 6) is 1.85. The first-order chi connectivity index (χ1) is 15.1. The van der Waals surface area contributed by atoms with Crippen molar-refractivity contribution in [3.8, 4) is 0 Å². The fraction of sp³-hybridized carbons (Fsp3) is 0.560. The monoisotopic (exact) mass is 554 g/mol. The second kappa shape index (κ2) is 14.5. The largest absolute Gasteiger partial charge is 0.469 e. The van der Waals surface area contributed by atoms with Crippen molar-refractivity contribution in [1.82, 2.24) is 15.5 Å². The number of aliphatic imine (C=N–C) groups is 1. The third kappa shape index (κ3) is 9.50. The highest BCUT2D eigenvalue weighted by molar-refractivity contribution is 14.0. The first-order valence-electron chi connectivity index (χ1n) is 11.6. The van der Waals surface area contributed by atoms with Gasteiger partial charge in [0.1, 0.15) is 5.76 Å². The minimum atomic E-state index is 0. The first kappa shape index (κ1) is 26.7. The lowest BCUT2D eigenvalue weighted by Gasteiger charge is -2.33. The highest BCUT2D eigenvalue weighted by Gasteiger charge is 2.20. The van der Waals surface area contributed by atoms with Gasteiger partial charge in [0.2, 0.25) is 0 Å². The van der Waals surface area contributed by atoms with Crippen LogP contribution in [0.1, 0.15) is 51.0 Å². The Labute approximate surface area is 210 Å².